The van der Waals surface area contributed by atoms with E-state index >= 15 is 0 Å². The molecule has 24 heavy (non-hydrogen) atoms. The molecule has 8 nitrogen and oxygen atoms in total. The monoisotopic (exact) mass is 333 g/mol. The summed E-state index contributed by atoms with van der Waals surface area (Å²) in [6.45, 7) is 7.54. The van der Waals surface area contributed by atoms with Crippen molar-refractivity contribution < 1.29 is 14.3 Å². The summed E-state index contributed by atoms with van der Waals surface area (Å²) >= 11 is 0. The molecule has 2 N–H and O–H groups in total. The number of carbonyl (C=O) groups excluding carboxylic acids is 2. The first-order valence-electron chi connectivity index (χ1n) is 7.87. The molecule has 2 amide bonds. The predicted octanol–water partition coefficient (Wildman–Crippen LogP) is 1.99. The zero-order chi connectivity index (χ0) is 17.9. The van der Waals surface area contributed by atoms with E-state index in [4.69, 9.17) is 4.74 Å². The quantitative estimate of drug-likeness (QED) is 0.872. The van der Waals surface area contributed by atoms with Crippen LogP contribution in [0, 0.1) is 12.8 Å². The Labute approximate surface area is 140 Å². The van der Waals surface area contributed by atoms with Gasteiger partial charge in [-0.15, -0.1) is 0 Å². The number of rotatable bonds is 5. The van der Waals surface area contributed by atoms with Crippen LogP contribution in [0.1, 0.15) is 26.5 Å². The number of aromatic nitrogens is 3. The Kier molecular flexibility index (Phi) is 5.38. The Morgan fingerprint density at radius 3 is 2.71 bits per heavy atom. The lowest BCUT2D eigenvalue weighted by Crippen LogP contribution is -2.47. The maximum Gasteiger partial charge on any atom is 0.407 e. The normalized spacial score (nSPS) is 12.2. The molecular weight excluding hydrogens is 310 g/mol. The van der Waals surface area contributed by atoms with E-state index in [-0.39, 0.29) is 18.4 Å². The number of anilines is 1. The van der Waals surface area contributed by atoms with Gasteiger partial charge in [0.2, 0.25) is 5.91 Å². The van der Waals surface area contributed by atoms with Crippen LogP contribution < -0.4 is 10.6 Å². The number of amides is 2. The maximum atomic E-state index is 12.5. The van der Waals surface area contributed by atoms with Crippen LogP contribution in [0.25, 0.3) is 11.0 Å². The third-order valence-electron chi connectivity index (χ3n) is 3.63. The van der Waals surface area contributed by atoms with Crippen molar-refractivity contribution in [3.8, 4) is 0 Å². The van der Waals surface area contributed by atoms with E-state index < -0.39 is 12.1 Å². The number of nitrogens with zero attached hydrogens (tertiary/aromatic N) is 3. The zero-order valence-electron chi connectivity index (χ0n) is 14.6. The number of hydrogen-bond donors (Lipinski definition) is 2. The van der Waals surface area contributed by atoms with Crippen molar-refractivity contribution in [3.05, 3.63) is 18.0 Å². The van der Waals surface area contributed by atoms with Gasteiger partial charge in [0.05, 0.1) is 24.2 Å². The molecule has 2 aromatic heterocycles. The smallest absolute Gasteiger partial charge is 0.407 e. The molecule has 1 unspecified atom stereocenters. The summed E-state index contributed by atoms with van der Waals surface area (Å²) in [6, 6.07) is 1.12. The largest absolute Gasteiger partial charge is 0.450 e. The van der Waals surface area contributed by atoms with Gasteiger partial charge in [0.15, 0.2) is 5.65 Å². The van der Waals surface area contributed by atoms with Gasteiger partial charge in [-0.2, -0.15) is 5.10 Å². The number of alkyl carbamates (subject to hydrolysis) is 1. The molecule has 0 saturated carbocycles. The van der Waals surface area contributed by atoms with Crippen molar-refractivity contribution in [3.63, 3.8) is 0 Å². The first-order chi connectivity index (χ1) is 11.3. The second-order valence-electron chi connectivity index (χ2n) is 5.88. The number of hydrogen-bond acceptors (Lipinski definition) is 5. The van der Waals surface area contributed by atoms with E-state index in [2.05, 4.69) is 20.7 Å². The summed E-state index contributed by atoms with van der Waals surface area (Å²) in [5, 5.41) is 10.5. The van der Waals surface area contributed by atoms with Crippen molar-refractivity contribution in [2.24, 2.45) is 13.0 Å². The number of pyridine rings is 1. The molecule has 0 fully saturated rings. The highest BCUT2D eigenvalue weighted by Crippen LogP contribution is 2.19. The lowest BCUT2D eigenvalue weighted by molar-refractivity contribution is -0.119. The maximum absolute atomic E-state index is 12.5. The summed E-state index contributed by atoms with van der Waals surface area (Å²) < 4.78 is 6.54. The van der Waals surface area contributed by atoms with Crippen molar-refractivity contribution in [1.29, 1.82) is 0 Å². The minimum absolute atomic E-state index is 0.0915. The Morgan fingerprint density at radius 1 is 1.38 bits per heavy atom. The van der Waals surface area contributed by atoms with Crippen LogP contribution in [0.15, 0.2) is 12.3 Å². The summed E-state index contributed by atoms with van der Waals surface area (Å²) in [5.41, 5.74) is 2.14. The van der Waals surface area contributed by atoms with Crippen LogP contribution in [0.3, 0.4) is 0 Å². The third-order valence-corrected chi connectivity index (χ3v) is 3.63. The average molecular weight is 333 g/mol. The minimum Gasteiger partial charge on any atom is -0.450 e. The highest BCUT2D eigenvalue weighted by molar-refractivity contribution is 5.98. The van der Waals surface area contributed by atoms with Crippen LogP contribution >= 0.6 is 0 Å². The number of carbonyl (C=O) groups is 2. The van der Waals surface area contributed by atoms with Gasteiger partial charge in [-0.1, -0.05) is 13.8 Å². The summed E-state index contributed by atoms with van der Waals surface area (Å²) in [7, 11) is 1.82. The molecule has 0 aliphatic heterocycles. The molecule has 0 aromatic carbocycles. The molecular formula is C16H23N5O3. The van der Waals surface area contributed by atoms with Gasteiger partial charge in [-0.3, -0.25) is 9.48 Å². The van der Waals surface area contributed by atoms with Gasteiger partial charge in [0.1, 0.15) is 6.04 Å². The van der Waals surface area contributed by atoms with E-state index in [1.54, 1.807) is 17.8 Å². The van der Waals surface area contributed by atoms with Gasteiger partial charge < -0.3 is 15.4 Å². The number of nitrogens with one attached hydrogen (secondary N) is 2. The molecule has 2 heterocycles. The fraction of sp³-hybridized carbons (Fsp3) is 0.500. The molecule has 0 spiro atoms. The lowest BCUT2D eigenvalue weighted by Gasteiger charge is -2.21. The van der Waals surface area contributed by atoms with Crippen LogP contribution in [0.2, 0.25) is 0 Å². The molecule has 8 heteroatoms. The minimum atomic E-state index is -0.699. The highest BCUT2D eigenvalue weighted by atomic mass is 16.5. The fourth-order valence-electron chi connectivity index (χ4n) is 2.43. The van der Waals surface area contributed by atoms with Gasteiger partial charge >= 0.3 is 6.09 Å². The second kappa shape index (κ2) is 7.29. The molecule has 0 aliphatic rings. The first-order valence-corrected chi connectivity index (χ1v) is 7.87. The highest BCUT2D eigenvalue weighted by Gasteiger charge is 2.25. The molecule has 0 bridgehead atoms. The first kappa shape index (κ1) is 17.7. The van der Waals surface area contributed by atoms with E-state index in [9.17, 15) is 9.59 Å². The summed E-state index contributed by atoms with van der Waals surface area (Å²) in [4.78, 5) is 28.4. The van der Waals surface area contributed by atoms with Crippen LogP contribution in [-0.2, 0) is 16.6 Å². The van der Waals surface area contributed by atoms with Crippen LogP contribution in [0.5, 0.6) is 0 Å². The van der Waals surface area contributed by atoms with E-state index in [0.717, 1.165) is 16.7 Å². The molecule has 1 atom stereocenters. The molecule has 0 aliphatic carbocycles. The Balaban J connectivity index is 2.17. The fourth-order valence-corrected chi connectivity index (χ4v) is 2.43. The molecule has 0 saturated heterocycles. The van der Waals surface area contributed by atoms with Crippen molar-refractivity contribution >= 4 is 28.7 Å². The summed E-state index contributed by atoms with van der Waals surface area (Å²) in [6.07, 6.45) is 0.964. The molecule has 0 radical (unpaired) electrons. The third kappa shape index (κ3) is 3.81. The molecule has 130 valence electrons. The Morgan fingerprint density at radius 2 is 2.08 bits per heavy atom. The van der Waals surface area contributed by atoms with E-state index in [1.807, 2.05) is 33.9 Å². The summed E-state index contributed by atoms with van der Waals surface area (Å²) in [5.74, 6) is -0.410. The van der Waals surface area contributed by atoms with Gasteiger partial charge in [-0.05, 0) is 25.8 Å². The van der Waals surface area contributed by atoms with E-state index in [1.165, 1.54) is 0 Å². The lowest BCUT2D eigenvalue weighted by atomic mass is 10.0. The van der Waals surface area contributed by atoms with Crippen molar-refractivity contribution in [2.45, 2.75) is 33.7 Å². The topological polar surface area (TPSA) is 98.1 Å². The van der Waals surface area contributed by atoms with E-state index in [0.29, 0.717) is 5.69 Å². The zero-order valence-corrected chi connectivity index (χ0v) is 14.6. The van der Waals surface area contributed by atoms with Crippen LogP contribution in [-0.4, -0.2) is 39.4 Å². The Bertz CT molecular complexity index is 753. The standard InChI is InChI=1S/C16H23N5O3/c1-6-24-16(23)19-13(9(2)3)15(22)18-11-7-12-10(4)20-21(5)14(12)17-8-11/h7-9,13H,6H2,1-5H3,(H,18,22)(H,19,23). The molecule has 2 rings (SSSR count). The Hall–Kier alpha value is -2.64. The van der Waals surface area contributed by atoms with Gasteiger partial charge in [0, 0.05) is 12.4 Å². The second-order valence-corrected chi connectivity index (χ2v) is 5.88. The number of ether oxygens (including phenoxy) is 1. The molecule has 2 aromatic rings. The van der Waals surface area contributed by atoms with Gasteiger partial charge in [-0.25, -0.2) is 9.78 Å². The number of fused-ring (bicyclic) bond motifs is 1. The predicted molar refractivity (Wildman–Crippen MR) is 90.7 cm³/mol. The van der Waals surface area contributed by atoms with Crippen molar-refractivity contribution in [1.82, 2.24) is 20.1 Å². The van der Waals surface area contributed by atoms with Crippen LogP contribution in [0.4, 0.5) is 10.5 Å². The SMILES string of the molecule is CCOC(=O)NC(C(=O)Nc1cnc2c(c1)c(C)nn2C)C(C)C. The van der Waals surface area contributed by atoms with Crippen molar-refractivity contribution in [2.75, 3.05) is 11.9 Å². The van der Waals surface area contributed by atoms with Gasteiger partial charge in [0.25, 0.3) is 0 Å². The average Bonchev–Trinajstić information content (AvgIpc) is 2.79. The number of aryl methyl sites for hydroxylation is 2.